The molecule has 63 valence electrons. The number of benzene rings is 1. The van der Waals surface area contributed by atoms with Gasteiger partial charge in [-0.25, -0.2) is 0 Å². The van der Waals surface area contributed by atoms with Gasteiger partial charge in [0.2, 0.25) is 0 Å². The molecule has 0 bridgehead atoms. The molecule has 1 N–H and O–H groups in total. The molecule has 0 unspecified atom stereocenters. The van der Waals surface area contributed by atoms with Gasteiger partial charge in [-0.05, 0) is 23.8 Å². The monoisotopic (exact) mass is 170 g/mol. The van der Waals surface area contributed by atoms with E-state index < -0.39 is 0 Å². The number of hydrogen-bond acceptors (Lipinski definition) is 2. The van der Waals surface area contributed by atoms with Gasteiger partial charge in [0.1, 0.15) is 5.75 Å². The first-order valence-corrected chi connectivity index (χ1v) is 3.98. The molecule has 2 heteroatoms. The Hall–Kier alpha value is -1.83. The van der Waals surface area contributed by atoms with Crippen LogP contribution in [-0.2, 0) is 0 Å². The lowest BCUT2D eigenvalue weighted by Crippen LogP contribution is -1.77. The lowest BCUT2D eigenvalue weighted by atomic mass is 10.1. The third-order valence-electron chi connectivity index (χ3n) is 1.82. The van der Waals surface area contributed by atoms with Gasteiger partial charge in [0.25, 0.3) is 0 Å². The number of aromatic hydroxyl groups is 1. The summed E-state index contributed by atoms with van der Waals surface area (Å²) in [7, 11) is 0. The maximum absolute atomic E-state index is 9.08. The molecule has 0 atom stereocenters. The summed E-state index contributed by atoms with van der Waals surface area (Å²) < 4.78 is 0. The fraction of sp³-hybridized carbons (Fsp3) is 0. The molecule has 0 spiro atoms. The SMILES string of the molecule is Oc1ccc(-c2cc[c]nc2)cc1. The molecular formula is C11H8NO. The molecule has 0 aliphatic heterocycles. The molecule has 13 heavy (non-hydrogen) atoms. The Morgan fingerprint density at radius 3 is 2.38 bits per heavy atom. The van der Waals surface area contributed by atoms with Gasteiger partial charge in [-0.1, -0.05) is 18.2 Å². The van der Waals surface area contributed by atoms with Crippen molar-refractivity contribution in [2.45, 2.75) is 0 Å². The minimum absolute atomic E-state index is 0.277. The van der Waals surface area contributed by atoms with Gasteiger partial charge in [-0.3, -0.25) is 4.98 Å². The van der Waals surface area contributed by atoms with Crippen LogP contribution >= 0.6 is 0 Å². The summed E-state index contributed by atoms with van der Waals surface area (Å²) in [5.41, 5.74) is 2.07. The summed E-state index contributed by atoms with van der Waals surface area (Å²) in [5, 5.41) is 9.08. The second kappa shape index (κ2) is 3.27. The van der Waals surface area contributed by atoms with Crippen molar-refractivity contribution in [3.63, 3.8) is 0 Å². The molecule has 1 radical (unpaired) electrons. The maximum Gasteiger partial charge on any atom is 0.115 e. The zero-order valence-corrected chi connectivity index (χ0v) is 6.94. The molecule has 0 aliphatic carbocycles. The Bertz CT molecular complexity index is 381. The van der Waals surface area contributed by atoms with E-state index in [-0.39, 0.29) is 5.75 Å². The van der Waals surface area contributed by atoms with Gasteiger partial charge in [0.05, 0.1) is 6.20 Å². The molecule has 1 aromatic heterocycles. The average Bonchev–Trinajstić information content (AvgIpc) is 2.20. The molecule has 0 aliphatic rings. The smallest absolute Gasteiger partial charge is 0.115 e. The zero-order chi connectivity index (χ0) is 9.10. The summed E-state index contributed by atoms with van der Waals surface area (Å²) in [6.45, 7) is 0. The van der Waals surface area contributed by atoms with E-state index in [1.54, 1.807) is 24.4 Å². The average molecular weight is 170 g/mol. The van der Waals surface area contributed by atoms with Crippen LogP contribution in [0.15, 0.2) is 42.6 Å². The van der Waals surface area contributed by atoms with E-state index in [0.29, 0.717) is 0 Å². The lowest BCUT2D eigenvalue weighted by Gasteiger charge is -1.99. The van der Waals surface area contributed by atoms with E-state index in [1.165, 1.54) is 0 Å². The standard InChI is InChI=1S/C11H8NO/c13-11-5-3-9(4-6-11)10-2-1-7-12-8-10/h1-6,8,13H. The van der Waals surface area contributed by atoms with E-state index >= 15 is 0 Å². The number of nitrogens with zero attached hydrogens (tertiary/aromatic N) is 1. The van der Waals surface area contributed by atoms with E-state index in [4.69, 9.17) is 5.11 Å². The summed E-state index contributed by atoms with van der Waals surface area (Å²) in [6.07, 6.45) is 4.46. The van der Waals surface area contributed by atoms with Crippen molar-refractivity contribution in [2.24, 2.45) is 0 Å². The number of rotatable bonds is 1. The molecule has 0 saturated heterocycles. The summed E-state index contributed by atoms with van der Waals surface area (Å²) >= 11 is 0. The van der Waals surface area contributed by atoms with Gasteiger partial charge in [-0.15, -0.1) is 0 Å². The van der Waals surface area contributed by atoms with Crippen molar-refractivity contribution in [1.82, 2.24) is 4.98 Å². The third kappa shape index (κ3) is 1.67. The van der Waals surface area contributed by atoms with Crippen LogP contribution in [0.1, 0.15) is 0 Å². The zero-order valence-electron chi connectivity index (χ0n) is 6.94. The van der Waals surface area contributed by atoms with Crippen LogP contribution in [0.4, 0.5) is 0 Å². The molecule has 1 aromatic carbocycles. The first-order chi connectivity index (χ1) is 6.36. The van der Waals surface area contributed by atoms with E-state index in [0.717, 1.165) is 11.1 Å². The summed E-state index contributed by atoms with van der Waals surface area (Å²) in [6, 6.07) is 10.7. The fourth-order valence-electron chi connectivity index (χ4n) is 1.14. The van der Waals surface area contributed by atoms with Gasteiger partial charge >= 0.3 is 0 Å². The van der Waals surface area contributed by atoms with Crippen molar-refractivity contribution in [3.8, 4) is 16.9 Å². The van der Waals surface area contributed by atoms with E-state index in [1.807, 2.05) is 18.2 Å². The Morgan fingerprint density at radius 1 is 1.00 bits per heavy atom. The Balaban J connectivity index is 2.42. The molecule has 0 saturated carbocycles. The Kier molecular flexibility index (Phi) is 1.96. The van der Waals surface area contributed by atoms with Gasteiger partial charge in [-0.2, -0.15) is 0 Å². The summed E-state index contributed by atoms with van der Waals surface area (Å²) in [5.74, 6) is 0.277. The predicted octanol–water partition coefficient (Wildman–Crippen LogP) is 2.25. The van der Waals surface area contributed by atoms with Gasteiger partial charge < -0.3 is 5.11 Å². The molecular weight excluding hydrogens is 162 g/mol. The van der Waals surface area contributed by atoms with Crippen molar-refractivity contribution in [2.75, 3.05) is 0 Å². The molecule has 2 nitrogen and oxygen atoms in total. The van der Waals surface area contributed by atoms with Crippen LogP contribution < -0.4 is 0 Å². The molecule has 0 amide bonds. The number of aromatic nitrogens is 1. The highest BCUT2D eigenvalue weighted by molar-refractivity contribution is 5.62. The van der Waals surface area contributed by atoms with Crippen molar-refractivity contribution in [3.05, 3.63) is 48.8 Å². The quantitative estimate of drug-likeness (QED) is 0.712. The maximum atomic E-state index is 9.08. The second-order valence-corrected chi connectivity index (χ2v) is 2.72. The number of phenols is 1. The highest BCUT2D eigenvalue weighted by Crippen LogP contribution is 2.20. The van der Waals surface area contributed by atoms with Crippen molar-refractivity contribution < 1.29 is 5.11 Å². The second-order valence-electron chi connectivity index (χ2n) is 2.72. The van der Waals surface area contributed by atoms with Crippen LogP contribution in [0, 0.1) is 6.20 Å². The molecule has 2 aromatic rings. The van der Waals surface area contributed by atoms with E-state index in [2.05, 4.69) is 11.2 Å². The third-order valence-corrected chi connectivity index (χ3v) is 1.82. The topological polar surface area (TPSA) is 33.1 Å². The van der Waals surface area contributed by atoms with Crippen molar-refractivity contribution >= 4 is 0 Å². The minimum Gasteiger partial charge on any atom is -0.508 e. The largest absolute Gasteiger partial charge is 0.508 e. The number of hydrogen-bond donors (Lipinski definition) is 1. The van der Waals surface area contributed by atoms with Crippen LogP contribution in [0.3, 0.4) is 0 Å². The summed E-state index contributed by atoms with van der Waals surface area (Å²) in [4.78, 5) is 3.90. The number of phenolic OH excluding ortho intramolecular Hbond substituents is 1. The fourth-order valence-corrected chi connectivity index (χ4v) is 1.14. The predicted molar refractivity (Wildman–Crippen MR) is 50.2 cm³/mol. The first-order valence-electron chi connectivity index (χ1n) is 3.98. The van der Waals surface area contributed by atoms with Crippen LogP contribution in [0.25, 0.3) is 11.1 Å². The minimum atomic E-state index is 0.277. The highest BCUT2D eigenvalue weighted by atomic mass is 16.3. The normalized spacial score (nSPS) is 9.85. The molecule has 2 rings (SSSR count). The van der Waals surface area contributed by atoms with Crippen molar-refractivity contribution in [1.29, 1.82) is 0 Å². The van der Waals surface area contributed by atoms with Crippen LogP contribution in [0.2, 0.25) is 0 Å². The Morgan fingerprint density at radius 2 is 1.77 bits per heavy atom. The number of pyridine rings is 1. The lowest BCUT2D eigenvalue weighted by molar-refractivity contribution is 0.475. The van der Waals surface area contributed by atoms with E-state index in [9.17, 15) is 0 Å². The Labute approximate surface area is 76.5 Å². The molecule has 1 heterocycles. The first kappa shape index (κ1) is 7.80. The molecule has 0 fully saturated rings. The highest BCUT2D eigenvalue weighted by Gasteiger charge is 1.95. The van der Waals surface area contributed by atoms with Crippen LogP contribution in [-0.4, -0.2) is 10.1 Å². The van der Waals surface area contributed by atoms with Crippen LogP contribution in [0.5, 0.6) is 5.75 Å². The van der Waals surface area contributed by atoms with Gasteiger partial charge in [0.15, 0.2) is 0 Å². The van der Waals surface area contributed by atoms with Gasteiger partial charge in [0, 0.05) is 11.8 Å².